The Morgan fingerprint density at radius 1 is 1.47 bits per heavy atom. The zero-order chi connectivity index (χ0) is 13.7. The fraction of sp³-hybridized carbons (Fsp3) is 0.667. The Balaban J connectivity index is 2.00. The number of nitrogens with one attached hydrogen (secondary N) is 1. The standard InChI is InChI=1S/C15H25N3S/c1-4-16-15(18-8-5-12(2)6-9-18)17-11-14-13(3)7-10-19-14/h7,10,12H,4-6,8-9,11H2,1-3H3,(H,16,17). The van der Waals surface area contributed by atoms with Crippen LogP contribution in [0.3, 0.4) is 0 Å². The van der Waals surface area contributed by atoms with E-state index in [0.29, 0.717) is 0 Å². The molecule has 1 saturated heterocycles. The molecule has 1 aliphatic heterocycles. The lowest BCUT2D eigenvalue weighted by atomic mass is 10.00. The summed E-state index contributed by atoms with van der Waals surface area (Å²) < 4.78 is 0. The Morgan fingerprint density at radius 2 is 2.21 bits per heavy atom. The second kappa shape index (κ2) is 6.94. The minimum Gasteiger partial charge on any atom is -0.357 e. The maximum absolute atomic E-state index is 4.81. The minimum absolute atomic E-state index is 0.803. The van der Waals surface area contributed by atoms with Crippen molar-refractivity contribution >= 4 is 17.3 Å². The van der Waals surface area contributed by atoms with Crippen LogP contribution in [0.5, 0.6) is 0 Å². The molecular formula is C15H25N3S. The van der Waals surface area contributed by atoms with Crippen molar-refractivity contribution in [3.63, 3.8) is 0 Å². The summed E-state index contributed by atoms with van der Waals surface area (Å²) >= 11 is 1.80. The van der Waals surface area contributed by atoms with Crippen molar-refractivity contribution in [2.24, 2.45) is 10.9 Å². The van der Waals surface area contributed by atoms with Gasteiger partial charge >= 0.3 is 0 Å². The molecule has 1 fully saturated rings. The molecule has 0 radical (unpaired) electrons. The highest BCUT2D eigenvalue weighted by atomic mass is 32.1. The maximum atomic E-state index is 4.81. The second-order valence-corrected chi connectivity index (χ2v) is 6.37. The molecule has 2 rings (SSSR count). The van der Waals surface area contributed by atoms with Crippen LogP contribution in [-0.4, -0.2) is 30.5 Å². The molecule has 2 heterocycles. The molecule has 0 amide bonds. The van der Waals surface area contributed by atoms with Gasteiger partial charge in [0.1, 0.15) is 0 Å². The summed E-state index contributed by atoms with van der Waals surface area (Å²) in [5.74, 6) is 1.95. The molecule has 1 aromatic rings. The first-order valence-corrected chi connectivity index (χ1v) is 8.15. The molecule has 1 aromatic heterocycles. The summed E-state index contributed by atoms with van der Waals surface area (Å²) in [5.41, 5.74) is 1.36. The Hall–Kier alpha value is -1.03. The molecule has 4 heteroatoms. The van der Waals surface area contributed by atoms with Crippen LogP contribution in [0.15, 0.2) is 16.4 Å². The average molecular weight is 279 g/mol. The number of thiophene rings is 1. The molecule has 1 N–H and O–H groups in total. The van der Waals surface area contributed by atoms with Gasteiger partial charge in [-0.2, -0.15) is 0 Å². The third kappa shape index (κ3) is 3.96. The summed E-state index contributed by atoms with van der Waals surface area (Å²) in [7, 11) is 0. The molecule has 1 aliphatic rings. The molecular weight excluding hydrogens is 254 g/mol. The van der Waals surface area contributed by atoms with E-state index < -0.39 is 0 Å². The zero-order valence-corrected chi connectivity index (χ0v) is 13.1. The number of guanidine groups is 1. The Bertz CT molecular complexity index is 417. The van der Waals surface area contributed by atoms with E-state index in [1.807, 2.05) is 0 Å². The molecule has 0 unspecified atom stereocenters. The van der Waals surface area contributed by atoms with E-state index in [0.717, 1.165) is 38.1 Å². The van der Waals surface area contributed by atoms with Crippen molar-refractivity contribution in [2.75, 3.05) is 19.6 Å². The van der Waals surface area contributed by atoms with Gasteiger partial charge in [0, 0.05) is 24.5 Å². The Labute approximate surface area is 120 Å². The summed E-state index contributed by atoms with van der Waals surface area (Å²) in [5, 5.41) is 5.58. The van der Waals surface area contributed by atoms with Crippen molar-refractivity contribution in [1.29, 1.82) is 0 Å². The van der Waals surface area contributed by atoms with Crippen LogP contribution in [0.1, 0.15) is 37.1 Å². The molecule has 0 bridgehead atoms. The highest BCUT2D eigenvalue weighted by Crippen LogP contribution is 2.18. The van der Waals surface area contributed by atoms with E-state index in [2.05, 4.69) is 42.4 Å². The molecule has 0 aromatic carbocycles. The molecule has 3 nitrogen and oxygen atoms in total. The lowest BCUT2D eigenvalue weighted by molar-refractivity contribution is 0.273. The predicted octanol–water partition coefficient (Wildman–Crippen LogP) is 3.25. The van der Waals surface area contributed by atoms with Gasteiger partial charge in [0.2, 0.25) is 0 Å². The summed E-state index contributed by atoms with van der Waals surface area (Å²) in [6.45, 7) is 10.7. The van der Waals surface area contributed by atoms with Crippen LogP contribution in [-0.2, 0) is 6.54 Å². The Morgan fingerprint density at radius 3 is 2.79 bits per heavy atom. The number of hydrogen-bond acceptors (Lipinski definition) is 2. The van der Waals surface area contributed by atoms with Crippen molar-refractivity contribution in [3.05, 3.63) is 21.9 Å². The first-order chi connectivity index (χ1) is 9.20. The topological polar surface area (TPSA) is 27.6 Å². The van der Waals surface area contributed by atoms with E-state index >= 15 is 0 Å². The highest BCUT2D eigenvalue weighted by molar-refractivity contribution is 7.10. The minimum atomic E-state index is 0.803. The van der Waals surface area contributed by atoms with Gasteiger partial charge in [-0.15, -0.1) is 11.3 Å². The molecule has 106 valence electrons. The lowest BCUT2D eigenvalue weighted by Gasteiger charge is -2.33. The molecule has 0 spiro atoms. The zero-order valence-electron chi connectivity index (χ0n) is 12.3. The number of hydrogen-bond donors (Lipinski definition) is 1. The number of nitrogens with zero attached hydrogens (tertiary/aromatic N) is 2. The number of piperidine rings is 1. The van der Waals surface area contributed by atoms with E-state index in [4.69, 9.17) is 4.99 Å². The second-order valence-electron chi connectivity index (χ2n) is 5.37. The molecule has 19 heavy (non-hydrogen) atoms. The monoisotopic (exact) mass is 279 g/mol. The van der Waals surface area contributed by atoms with E-state index in [1.54, 1.807) is 11.3 Å². The van der Waals surface area contributed by atoms with E-state index in [-0.39, 0.29) is 0 Å². The lowest BCUT2D eigenvalue weighted by Crippen LogP contribution is -2.45. The average Bonchev–Trinajstić information content (AvgIpc) is 2.81. The van der Waals surface area contributed by atoms with Gasteiger partial charge in [0.05, 0.1) is 6.54 Å². The first kappa shape index (κ1) is 14.4. The van der Waals surface area contributed by atoms with Gasteiger partial charge in [-0.25, -0.2) is 4.99 Å². The smallest absolute Gasteiger partial charge is 0.194 e. The SMILES string of the molecule is CCNC(=NCc1sccc1C)N1CCC(C)CC1. The van der Waals surface area contributed by atoms with Gasteiger partial charge < -0.3 is 10.2 Å². The van der Waals surface area contributed by atoms with Crippen LogP contribution < -0.4 is 5.32 Å². The van der Waals surface area contributed by atoms with Gasteiger partial charge in [-0.05, 0) is 49.6 Å². The summed E-state index contributed by atoms with van der Waals surface area (Å²) in [4.78, 5) is 8.59. The van der Waals surface area contributed by atoms with Crippen LogP contribution in [0.2, 0.25) is 0 Å². The van der Waals surface area contributed by atoms with Crippen LogP contribution in [0, 0.1) is 12.8 Å². The first-order valence-electron chi connectivity index (χ1n) is 7.27. The van der Waals surface area contributed by atoms with Crippen LogP contribution in [0.4, 0.5) is 0 Å². The van der Waals surface area contributed by atoms with Gasteiger partial charge in [0.25, 0.3) is 0 Å². The summed E-state index contributed by atoms with van der Waals surface area (Å²) in [6, 6.07) is 2.17. The third-order valence-electron chi connectivity index (χ3n) is 3.76. The van der Waals surface area contributed by atoms with Gasteiger partial charge in [-0.1, -0.05) is 6.92 Å². The van der Waals surface area contributed by atoms with Crippen molar-refractivity contribution < 1.29 is 0 Å². The highest BCUT2D eigenvalue weighted by Gasteiger charge is 2.18. The summed E-state index contributed by atoms with van der Waals surface area (Å²) in [6.07, 6.45) is 2.56. The van der Waals surface area contributed by atoms with Crippen molar-refractivity contribution in [1.82, 2.24) is 10.2 Å². The number of aryl methyl sites for hydroxylation is 1. The van der Waals surface area contributed by atoms with Crippen LogP contribution >= 0.6 is 11.3 Å². The van der Waals surface area contributed by atoms with Gasteiger partial charge in [-0.3, -0.25) is 0 Å². The quantitative estimate of drug-likeness (QED) is 0.679. The predicted molar refractivity (Wildman–Crippen MR) is 83.8 cm³/mol. The normalized spacial score (nSPS) is 17.8. The van der Waals surface area contributed by atoms with Gasteiger partial charge in [0.15, 0.2) is 5.96 Å². The molecule has 0 atom stereocenters. The van der Waals surface area contributed by atoms with E-state index in [9.17, 15) is 0 Å². The number of aliphatic imine (C=N–C) groups is 1. The third-order valence-corrected chi connectivity index (χ3v) is 4.77. The fourth-order valence-electron chi connectivity index (χ4n) is 2.36. The van der Waals surface area contributed by atoms with Crippen molar-refractivity contribution in [3.8, 4) is 0 Å². The molecule has 0 saturated carbocycles. The van der Waals surface area contributed by atoms with Crippen LogP contribution in [0.25, 0.3) is 0 Å². The van der Waals surface area contributed by atoms with Crippen molar-refractivity contribution in [2.45, 2.75) is 40.2 Å². The maximum Gasteiger partial charge on any atom is 0.194 e. The van der Waals surface area contributed by atoms with E-state index in [1.165, 1.54) is 23.3 Å². The largest absolute Gasteiger partial charge is 0.357 e. The number of likely N-dealkylation sites (tertiary alicyclic amines) is 1. The number of rotatable bonds is 3. The fourth-order valence-corrected chi connectivity index (χ4v) is 3.19. The molecule has 0 aliphatic carbocycles. The Kier molecular flexibility index (Phi) is 5.25.